The predicted octanol–water partition coefficient (Wildman–Crippen LogP) is 4.53. The Bertz CT molecular complexity index is 506. The van der Waals surface area contributed by atoms with E-state index in [2.05, 4.69) is 5.32 Å². The molecule has 0 aromatic heterocycles. The van der Waals surface area contributed by atoms with E-state index in [0.29, 0.717) is 31.7 Å². The highest BCUT2D eigenvalue weighted by Crippen LogP contribution is 2.39. The van der Waals surface area contributed by atoms with Gasteiger partial charge in [-0.3, -0.25) is 4.90 Å². The smallest absolute Gasteiger partial charge is 0.314 e. The summed E-state index contributed by atoms with van der Waals surface area (Å²) in [7, 11) is 0. The Morgan fingerprint density at radius 2 is 1.78 bits per heavy atom. The SMILES string of the molecule is Cc1ccc(Cl)c([C@@H](CC(F)(F)F)N2CCNCC2)c1F.Cl.Cl. The van der Waals surface area contributed by atoms with Gasteiger partial charge in [0.25, 0.3) is 0 Å². The molecule has 2 rings (SSSR count). The van der Waals surface area contributed by atoms with Crippen LogP contribution in [0.2, 0.25) is 5.02 Å². The van der Waals surface area contributed by atoms with Crippen LogP contribution in [0.1, 0.15) is 23.6 Å². The van der Waals surface area contributed by atoms with Crippen molar-refractivity contribution >= 4 is 36.4 Å². The maximum Gasteiger partial charge on any atom is 0.390 e. The van der Waals surface area contributed by atoms with Gasteiger partial charge in [-0.05, 0) is 18.6 Å². The van der Waals surface area contributed by atoms with Crippen LogP contribution in [0.3, 0.4) is 0 Å². The molecular formula is C14H19Cl3F4N2. The number of hydrogen-bond donors (Lipinski definition) is 1. The van der Waals surface area contributed by atoms with E-state index in [0.717, 1.165) is 0 Å². The molecule has 9 heteroatoms. The van der Waals surface area contributed by atoms with E-state index >= 15 is 0 Å². The van der Waals surface area contributed by atoms with Crippen LogP contribution in [-0.4, -0.2) is 37.3 Å². The number of rotatable bonds is 3. The summed E-state index contributed by atoms with van der Waals surface area (Å²) in [4.78, 5) is 1.65. The maximum atomic E-state index is 14.3. The molecule has 1 atom stereocenters. The van der Waals surface area contributed by atoms with Crippen LogP contribution in [0.15, 0.2) is 12.1 Å². The van der Waals surface area contributed by atoms with Crippen molar-refractivity contribution in [1.82, 2.24) is 10.2 Å². The van der Waals surface area contributed by atoms with Crippen molar-refractivity contribution in [1.29, 1.82) is 0 Å². The highest BCUT2D eigenvalue weighted by molar-refractivity contribution is 6.31. The molecule has 0 unspecified atom stereocenters. The number of hydrogen-bond acceptors (Lipinski definition) is 2. The van der Waals surface area contributed by atoms with E-state index in [1.54, 1.807) is 4.90 Å². The first-order valence-electron chi connectivity index (χ1n) is 6.75. The van der Waals surface area contributed by atoms with Crippen molar-refractivity contribution in [3.63, 3.8) is 0 Å². The second kappa shape index (κ2) is 9.28. The minimum absolute atomic E-state index is 0. The summed E-state index contributed by atoms with van der Waals surface area (Å²) in [5.41, 5.74) is 0.257. The van der Waals surface area contributed by atoms with E-state index in [9.17, 15) is 17.6 Å². The molecule has 2 nitrogen and oxygen atoms in total. The Hall–Kier alpha value is -0.270. The lowest BCUT2D eigenvalue weighted by Crippen LogP contribution is -2.46. The van der Waals surface area contributed by atoms with E-state index in [1.165, 1.54) is 19.1 Å². The highest BCUT2D eigenvalue weighted by atomic mass is 35.5. The van der Waals surface area contributed by atoms with Crippen LogP contribution < -0.4 is 5.32 Å². The van der Waals surface area contributed by atoms with Gasteiger partial charge in [0.05, 0.1) is 6.42 Å². The second-order valence-corrected chi connectivity index (χ2v) is 5.62. The lowest BCUT2D eigenvalue weighted by molar-refractivity contribution is -0.149. The fourth-order valence-corrected chi connectivity index (χ4v) is 2.88. The number of alkyl halides is 3. The van der Waals surface area contributed by atoms with Crippen molar-refractivity contribution in [2.75, 3.05) is 26.2 Å². The van der Waals surface area contributed by atoms with E-state index in [4.69, 9.17) is 11.6 Å². The van der Waals surface area contributed by atoms with Gasteiger partial charge in [-0.2, -0.15) is 13.2 Å². The first-order chi connectivity index (χ1) is 9.79. The van der Waals surface area contributed by atoms with Gasteiger partial charge in [0.1, 0.15) is 5.82 Å². The minimum atomic E-state index is -4.38. The van der Waals surface area contributed by atoms with Gasteiger partial charge < -0.3 is 5.32 Å². The van der Waals surface area contributed by atoms with Crippen LogP contribution >= 0.6 is 36.4 Å². The Kier molecular flexibility index (Phi) is 9.17. The molecule has 1 heterocycles. The molecule has 1 aliphatic heterocycles. The second-order valence-electron chi connectivity index (χ2n) is 5.21. The molecule has 0 amide bonds. The molecule has 1 aromatic carbocycles. The van der Waals surface area contributed by atoms with E-state index < -0.39 is 24.5 Å². The summed E-state index contributed by atoms with van der Waals surface area (Å²) in [5.74, 6) is -0.643. The zero-order valence-corrected chi connectivity index (χ0v) is 14.8. The number of halogens is 7. The summed E-state index contributed by atoms with van der Waals surface area (Å²) in [6.07, 6.45) is -5.48. The third-order valence-electron chi connectivity index (χ3n) is 3.67. The lowest BCUT2D eigenvalue weighted by Gasteiger charge is -2.36. The predicted molar refractivity (Wildman–Crippen MR) is 88.5 cm³/mol. The summed E-state index contributed by atoms with van der Waals surface area (Å²) in [6.45, 7) is 3.56. The average Bonchev–Trinajstić information content (AvgIpc) is 2.42. The van der Waals surface area contributed by atoms with Gasteiger partial charge in [0.2, 0.25) is 0 Å². The fraction of sp³-hybridized carbons (Fsp3) is 0.571. The molecule has 1 aromatic rings. The fourth-order valence-electron chi connectivity index (χ4n) is 2.61. The largest absolute Gasteiger partial charge is 0.390 e. The molecule has 0 bridgehead atoms. The Labute approximate surface area is 150 Å². The number of aryl methyl sites for hydroxylation is 1. The topological polar surface area (TPSA) is 15.3 Å². The summed E-state index contributed by atoms with van der Waals surface area (Å²) in [5, 5.41) is 3.12. The van der Waals surface area contributed by atoms with Crippen LogP contribution in [0.4, 0.5) is 17.6 Å². The van der Waals surface area contributed by atoms with Gasteiger partial charge in [-0.15, -0.1) is 24.8 Å². The molecular weight excluding hydrogens is 379 g/mol. The van der Waals surface area contributed by atoms with Crippen molar-refractivity contribution in [3.05, 3.63) is 34.1 Å². The van der Waals surface area contributed by atoms with E-state index in [-0.39, 0.29) is 35.4 Å². The number of nitrogens with zero attached hydrogens (tertiary/aromatic N) is 1. The van der Waals surface area contributed by atoms with Crippen LogP contribution in [0.5, 0.6) is 0 Å². The number of nitrogens with one attached hydrogen (secondary N) is 1. The molecule has 134 valence electrons. The maximum absolute atomic E-state index is 14.3. The molecule has 0 radical (unpaired) electrons. The lowest BCUT2D eigenvalue weighted by atomic mass is 9.98. The first-order valence-corrected chi connectivity index (χ1v) is 7.13. The normalized spacial score (nSPS) is 17.1. The molecule has 1 saturated heterocycles. The first kappa shape index (κ1) is 22.7. The van der Waals surface area contributed by atoms with Crippen molar-refractivity contribution in [2.24, 2.45) is 0 Å². The molecule has 0 aliphatic carbocycles. The summed E-state index contributed by atoms with van der Waals surface area (Å²) in [6, 6.07) is 1.85. The van der Waals surface area contributed by atoms with Crippen LogP contribution in [0.25, 0.3) is 0 Å². The summed E-state index contributed by atoms with van der Waals surface area (Å²) < 4.78 is 53.1. The molecule has 1 fully saturated rings. The standard InChI is InChI=1S/C14H17ClF4N2.2ClH/c1-9-2-3-10(15)12(13(9)16)11(8-14(17,18)19)21-6-4-20-5-7-21;;/h2-3,11,20H,4-8H2,1H3;2*1H/t11-;;/m1../s1. The minimum Gasteiger partial charge on any atom is -0.314 e. The highest BCUT2D eigenvalue weighted by Gasteiger charge is 2.38. The van der Waals surface area contributed by atoms with Crippen LogP contribution in [0, 0.1) is 12.7 Å². The molecule has 23 heavy (non-hydrogen) atoms. The summed E-state index contributed by atoms with van der Waals surface area (Å²) >= 11 is 5.99. The van der Waals surface area contributed by atoms with Crippen molar-refractivity contribution in [2.45, 2.75) is 25.6 Å². The molecule has 1 aliphatic rings. The Morgan fingerprint density at radius 3 is 2.30 bits per heavy atom. The van der Waals surface area contributed by atoms with Gasteiger partial charge in [0.15, 0.2) is 0 Å². The van der Waals surface area contributed by atoms with Gasteiger partial charge >= 0.3 is 6.18 Å². The number of benzene rings is 1. The molecule has 0 spiro atoms. The van der Waals surface area contributed by atoms with Gasteiger partial charge in [-0.1, -0.05) is 17.7 Å². The van der Waals surface area contributed by atoms with Crippen molar-refractivity contribution in [3.8, 4) is 0 Å². The molecule has 0 saturated carbocycles. The Balaban J connectivity index is 0.00000242. The van der Waals surface area contributed by atoms with E-state index in [1.807, 2.05) is 0 Å². The Morgan fingerprint density at radius 1 is 1.22 bits per heavy atom. The average molecular weight is 398 g/mol. The van der Waals surface area contributed by atoms with Crippen molar-refractivity contribution < 1.29 is 17.6 Å². The number of piperazine rings is 1. The zero-order valence-electron chi connectivity index (χ0n) is 12.4. The van der Waals surface area contributed by atoms with Crippen LogP contribution in [-0.2, 0) is 0 Å². The van der Waals surface area contributed by atoms with Gasteiger partial charge in [-0.25, -0.2) is 4.39 Å². The quantitative estimate of drug-likeness (QED) is 0.754. The third kappa shape index (κ3) is 5.94. The zero-order chi connectivity index (χ0) is 15.6. The third-order valence-corrected chi connectivity index (χ3v) is 4.00. The molecule has 1 N–H and O–H groups in total. The monoisotopic (exact) mass is 396 g/mol. The van der Waals surface area contributed by atoms with Gasteiger partial charge in [0, 0.05) is 42.8 Å².